The number of carbonyl (C=O) groups is 1. The normalized spacial score (nSPS) is 11.4. The van der Waals surface area contributed by atoms with Crippen LogP contribution in [0.15, 0.2) is 41.6 Å². The predicted molar refractivity (Wildman–Crippen MR) is 73.8 cm³/mol. The summed E-state index contributed by atoms with van der Waals surface area (Å²) in [6, 6.07) is 6.59. The molecular weight excluding hydrogens is 278 g/mol. The van der Waals surface area contributed by atoms with Gasteiger partial charge in [-0.05, 0) is 17.7 Å². The van der Waals surface area contributed by atoms with Gasteiger partial charge in [-0.3, -0.25) is 4.79 Å². The number of rotatable bonds is 5. The van der Waals surface area contributed by atoms with Crippen molar-refractivity contribution in [1.82, 2.24) is 9.55 Å². The molecule has 0 atom stereocenters. The summed E-state index contributed by atoms with van der Waals surface area (Å²) in [6.07, 6.45) is 4.96. The van der Waals surface area contributed by atoms with Gasteiger partial charge in [0.2, 0.25) is 5.91 Å². The summed E-state index contributed by atoms with van der Waals surface area (Å²) in [5.74, 6) is 0.271. The van der Waals surface area contributed by atoms with Crippen molar-refractivity contribution in [1.29, 1.82) is 0 Å². The zero-order valence-electron chi connectivity index (χ0n) is 11.0. The van der Waals surface area contributed by atoms with E-state index < -0.39 is 15.7 Å². The molecule has 0 bridgehead atoms. The number of aromatic nitrogens is 2. The molecule has 0 aliphatic heterocycles. The van der Waals surface area contributed by atoms with Crippen LogP contribution in [0.2, 0.25) is 0 Å². The molecule has 1 aromatic carbocycles. The summed E-state index contributed by atoms with van der Waals surface area (Å²) in [4.78, 5) is 15.4. The van der Waals surface area contributed by atoms with Crippen molar-refractivity contribution >= 4 is 15.7 Å². The van der Waals surface area contributed by atoms with Crippen LogP contribution >= 0.6 is 0 Å². The van der Waals surface area contributed by atoms with Crippen molar-refractivity contribution in [3.05, 3.63) is 48.0 Å². The number of imidazole rings is 1. The van der Waals surface area contributed by atoms with E-state index in [0.29, 0.717) is 12.2 Å². The third-order valence-corrected chi connectivity index (χ3v) is 3.97. The van der Waals surface area contributed by atoms with Gasteiger partial charge >= 0.3 is 0 Å². The van der Waals surface area contributed by atoms with Gasteiger partial charge in [-0.15, -0.1) is 0 Å². The van der Waals surface area contributed by atoms with Crippen LogP contribution in [-0.4, -0.2) is 30.1 Å². The first-order valence-corrected chi connectivity index (χ1v) is 7.83. The standard InChI is InChI=1S/C13H15N3O3S/c1-20(18,19)11-4-2-10(3-5-11)8-13-15-6-7-16(13)9-12(14)17/h2-7H,8-9H2,1H3,(H2,14,17). The van der Waals surface area contributed by atoms with Crippen LogP contribution in [0.25, 0.3) is 0 Å². The number of benzene rings is 1. The molecule has 20 heavy (non-hydrogen) atoms. The number of hydrogen-bond donors (Lipinski definition) is 1. The molecule has 0 fully saturated rings. The summed E-state index contributed by atoms with van der Waals surface area (Å²) in [6.45, 7) is 0.0801. The number of nitrogens with zero attached hydrogens (tertiary/aromatic N) is 2. The van der Waals surface area contributed by atoms with Crippen molar-refractivity contribution in [2.75, 3.05) is 6.26 Å². The molecular formula is C13H15N3O3S. The van der Waals surface area contributed by atoms with Crippen molar-refractivity contribution < 1.29 is 13.2 Å². The summed E-state index contributed by atoms with van der Waals surface area (Å²) in [5, 5.41) is 0. The van der Waals surface area contributed by atoms with Gasteiger partial charge in [0.05, 0.1) is 4.90 Å². The molecule has 0 saturated carbocycles. The Hall–Kier alpha value is -2.15. The average molecular weight is 293 g/mol. The number of primary amides is 1. The first-order valence-electron chi connectivity index (χ1n) is 5.93. The second kappa shape index (κ2) is 5.46. The van der Waals surface area contributed by atoms with Gasteiger partial charge < -0.3 is 10.3 Å². The zero-order chi connectivity index (χ0) is 14.8. The maximum atomic E-state index is 11.4. The van der Waals surface area contributed by atoms with E-state index in [9.17, 15) is 13.2 Å². The smallest absolute Gasteiger partial charge is 0.237 e. The van der Waals surface area contributed by atoms with Crippen molar-refractivity contribution in [2.45, 2.75) is 17.9 Å². The van der Waals surface area contributed by atoms with Gasteiger partial charge in [-0.25, -0.2) is 13.4 Å². The fraction of sp³-hybridized carbons (Fsp3) is 0.231. The van der Waals surface area contributed by atoms with Crippen LogP contribution in [0, 0.1) is 0 Å². The third kappa shape index (κ3) is 3.45. The molecule has 7 heteroatoms. The number of sulfone groups is 1. The second-order valence-electron chi connectivity index (χ2n) is 4.53. The molecule has 1 heterocycles. The zero-order valence-corrected chi connectivity index (χ0v) is 11.8. The van der Waals surface area contributed by atoms with E-state index in [1.54, 1.807) is 41.2 Å². The molecule has 6 nitrogen and oxygen atoms in total. The van der Waals surface area contributed by atoms with Gasteiger partial charge in [0.15, 0.2) is 9.84 Å². The second-order valence-corrected chi connectivity index (χ2v) is 6.55. The first kappa shape index (κ1) is 14.3. The molecule has 0 unspecified atom stereocenters. The van der Waals surface area contributed by atoms with E-state index in [-0.39, 0.29) is 11.4 Å². The molecule has 0 aliphatic carbocycles. The topological polar surface area (TPSA) is 95.1 Å². The minimum atomic E-state index is -3.19. The molecule has 2 N–H and O–H groups in total. The molecule has 106 valence electrons. The lowest BCUT2D eigenvalue weighted by Crippen LogP contribution is -2.19. The predicted octanol–water partition coefficient (Wildman–Crippen LogP) is 0.363. The molecule has 0 radical (unpaired) electrons. The summed E-state index contributed by atoms with van der Waals surface area (Å²) in [7, 11) is -3.19. The number of hydrogen-bond acceptors (Lipinski definition) is 4. The Labute approximate surface area is 117 Å². The highest BCUT2D eigenvalue weighted by molar-refractivity contribution is 7.90. The lowest BCUT2D eigenvalue weighted by molar-refractivity contribution is -0.118. The van der Waals surface area contributed by atoms with Gasteiger partial charge in [0.1, 0.15) is 12.4 Å². The summed E-state index contributed by atoms with van der Waals surface area (Å²) in [5.41, 5.74) is 6.07. The number of amides is 1. The third-order valence-electron chi connectivity index (χ3n) is 2.84. The monoisotopic (exact) mass is 293 g/mol. The largest absolute Gasteiger partial charge is 0.368 e. The fourth-order valence-electron chi connectivity index (χ4n) is 1.86. The Morgan fingerprint density at radius 2 is 1.95 bits per heavy atom. The molecule has 0 aliphatic rings. The highest BCUT2D eigenvalue weighted by atomic mass is 32.2. The first-order chi connectivity index (χ1) is 9.36. The summed E-state index contributed by atoms with van der Waals surface area (Å²) < 4.78 is 24.4. The van der Waals surface area contributed by atoms with Crippen molar-refractivity contribution in [2.24, 2.45) is 5.73 Å². The van der Waals surface area contributed by atoms with E-state index in [2.05, 4.69) is 4.98 Å². The molecule has 2 aromatic rings. The minimum Gasteiger partial charge on any atom is -0.368 e. The van der Waals surface area contributed by atoms with E-state index >= 15 is 0 Å². The van der Waals surface area contributed by atoms with Crippen molar-refractivity contribution in [3.8, 4) is 0 Å². The van der Waals surface area contributed by atoms with Crippen LogP contribution in [0.4, 0.5) is 0 Å². The van der Waals surface area contributed by atoms with Crippen LogP contribution in [0.3, 0.4) is 0 Å². The van der Waals surface area contributed by atoms with Gasteiger partial charge in [-0.1, -0.05) is 12.1 Å². The highest BCUT2D eigenvalue weighted by Gasteiger charge is 2.09. The maximum absolute atomic E-state index is 11.4. The Bertz CT molecular complexity index is 718. The highest BCUT2D eigenvalue weighted by Crippen LogP contribution is 2.13. The van der Waals surface area contributed by atoms with Crippen LogP contribution in [-0.2, 0) is 27.6 Å². The number of nitrogens with two attached hydrogens (primary N) is 1. The average Bonchev–Trinajstić information content (AvgIpc) is 2.75. The molecule has 2 rings (SSSR count). The SMILES string of the molecule is CS(=O)(=O)c1ccc(Cc2nccn2CC(N)=O)cc1. The fourth-order valence-corrected chi connectivity index (χ4v) is 2.49. The van der Waals surface area contributed by atoms with Crippen LogP contribution in [0.1, 0.15) is 11.4 Å². The van der Waals surface area contributed by atoms with Crippen molar-refractivity contribution in [3.63, 3.8) is 0 Å². The maximum Gasteiger partial charge on any atom is 0.237 e. The summed E-state index contributed by atoms with van der Waals surface area (Å²) >= 11 is 0. The Morgan fingerprint density at radius 3 is 2.50 bits per heavy atom. The lowest BCUT2D eigenvalue weighted by Gasteiger charge is -2.06. The Kier molecular flexibility index (Phi) is 3.89. The van der Waals surface area contributed by atoms with Crippen LogP contribution in [0.5, 0.6) is 0 Å². The van der Waals surface area contributed by atoms with Crippen LogP contribution < -0.4 is 5.73 Å². The molecule has 0 spiro atoms. The van der Waals surface area contributed by atoms with Gasteiger partial charge in [0.25, 0.3) is 0 Å². The Morgan fingerprint density at radius 1 is 1.30 bits per heavy atom. The molecule has 1 amide bonds. The van der Waals surface area contributed by atoms with Gasteiger partial charge in [-0.2, -0.15) is 0 Å². The van der Waals surface area contributed by atoms with E-state index in [1.165, 1.54) is 6.26 Å². The quantitative estimate of drug-likeness (QED) is 0.861. The molecule has 1 aromatic heterocycles. The van der Waals surface area contributed by atoms with E-state index in [1.807, 2.05) is 0 Å². The lowest BCUT2D eigenvalue weighted by atomic mass is 10.1. The number of carbonyl (C=O) groups excluding carboxylic acids is 1. The van der Waals surface area contributed by atoms with Gasteiger partial charge in [0, 0.05) is 25.1 Å². The van der Waals surface area contributed by atoms with E-state index in [0.717, 1.165) is 5.56 Å². The minimum absolute atomic E-state index is 0.0801. The Balaban J connectivity index is 2.19. The molecule has 0 saturated heterocycles. The van der Waals surface area contributed by atoms with E-state index in [4.69, 9.17) is 5.73 Å².